The standard InChI is InChI=1S/C13H18N6O6/c1-4(21)16-13-17-10(14)6-11(18-13)19(3-15-6)12-8(24)7(23)9(25-12)5(22)2-20/h3,5,7-9,12,20,22-24H,2H2,1H3,(H3,14,16,17,18,21)/t5-,7-,8-,9+,12-/m1/s1. The fourth-order valence-corrected chi connectivity index (χ4v) is 2.68. The summed E-state index contributed by atoms with van der Waals surface area (Å²) >= 11 is 0. The predicted octanol–water partition coefficient (Wildman–Crippen LogP) is -2.66. The van der Waals surface area contributed by atoms with Crippen LogP contribution in [-0.4, -0.2) is 76.9 Å². The Kier molecular flexibility index (Phi) is 4.53. The van der Waals surface area contributed by atoms with Crippen LogP contribution in [0.1, 0.15) is 13.2 Å². The molecule has 12 nitrogen and oxygen atoms in total. The van der Waals surface area contributed by atoms with Crippen molar-refractivity contribution in [2.75, 3.05) is 17.7 Å². The number of nitrogens with zero attached hydrogens (tertiary/aromatic N) is 4. The average molecular weight is 354 g/mol. The molecule has 0 bridgehead atoms. The lowest BCUT2D eigenvalue weighted by atomic mass is 10.1. The zero-order chi connectivity index (χ0) is 18.3. The van der Waals surface area contributed by atoms with Gasteiger partial charge in [-0.25, -0.2) is 4.98 Å². The van der Waals surface area contributed by atoms with Crippen LogP contribution in [0.25, 0.3) is 11.2 Å². The Morgan fingerprint density at radius 3 is 2.80 bits per heavy atom. The fourth-order valence-electron chi connectivity index (χ4n) is 2.68. The van der Waals surface area contributed by atoms with Crippen molar-refractivity contribution in [2.24, 2.45) is 0 Å². The highest BCUT2D eigenvalue weighted by Crippen LogP contribution is 2.33. The summed E-state index contributed by atoms with van der Waals surface area (Å²) in [4.78, 5) is 23.3. The number of hydrogen-bond acceptors (Lipinski definition) is 10. The number of ether oxygens (including phenoxy) is 1. The minimum atomic E-state index is -1.43. The second-order valence-corrected chi connectivity index (χ2v) is 5.66. The Morgan fingerprint density at radius 2 is 2.16 bits per heavy atom. The van der Waals surface area contributed by atoms with E-state index >= 15 is 0 Å². The average Bonchev–Trinajstić information content (AvgIpc) is 3.09. The summed E-state index contributed by atoms with van der Waals surface area (Å²) in [7, 11) is 0. The number of nitrogens with one attached hydrogen (secondary N) is 1. The molecule has 1 aliphatic heterocycles. The molecule has 0 saturated carbocycles. The highest BCUT2D eigenvalue weighted by Gasteiger charge is 2.47. The van der Waals surface area contributed by atoms with Gasteiger partial charge in [-0.1, -0.05) is 0 Å². The van der Waals surface area contributed by atoms with Crippen molar-refractivity contribution in [1.29, 1.82) is 0 Å². The molecule has 1 fully saturated rings. The van der Waals surface area contributed by atoms with E-state index in [1.54, 1.807) is 0 Å². The van der Waals surface area contributed by atoms with Gasteiger partial charge >= 0.3 is 0 Å². The van der Waals surface area contributed by atoms with Crippen molar-refractivity contribution in [3.05, 3.63) is 6.33 Å². The zero-order valence-electron chi connectivity index (χ0n) is 13.1. The first kappa shape index (κ1) is 17.4. The smallest absolute Gasteiger partial charge is 0.233 e. The second-order valence-electron chi connectivity index (χ2n) is 5.66. The summed E-state index contributed by atoms with van der Waals surface area (Å²) in [6.45, 7) is 0.635. The van der Waals surface area contributed by atoms with Gasteiger partial charge in [-0.3, -0.25) is 14.7 Å². The molecule has 5 atom stereocenters. The van der Waals surface area contributed by atoms with Crippen molar-refractivity contribution in [3.63, 3.8) is 0 Å². The molecule has 136 valence electrons. The summed E-state index contributed by atoms with van der Waals surface area (Å²) in [6, 6.07) is 0. The van der Waals surface area contributed by atoms with E-state index in [1.807, 2.05) is 0 Å². The van der Waals surface area contributed by atoms with Crippen LogP contribution in [0.3, 0.4) is 0 Å². The van der Waals surface area contributed by atoms with Crippen molar-refractivity contribution in [2.45, 2.75) is 37.6 Å². The van der Waals surface area contributed by atoms with Gasteiger partial charge in [-0.2, -0.15) is 9.97 Å². The summed E-state index contributed by atoms with van der Waals surface area (Å²) < 4.78 is 6.78. The van der Waals surface area contributed by atoms with Crippen LogP contribution in [0.2, 0.25) is 0 Å². The maximum Gasteiger partial charge on any atom is 0.233 e. The topological polar surface area (TPSA) is 189 Å². The maximum atomic E-state index is 11.2. The van der Waals surface area contributed by atoms with Gasteiger partial charge in [0, 0.05) is 6.92 Å². The van der Waals surface area contributed by atoms with Crippen molar-refractivity contribution in [3.8, 4) is 0 Å². The molecule has 0 radical (unpaired) electrons. The molecule has 12 heteroatoms. The van der Waals surface area contributed by atoms with Gasteiger partial charge in [0.25, 0.3) is 0 Å². The molecule has 0 spiro atoms. The molecular weight excluding hydrogens is 336 g/mol. The van der Waals surface area contributed by atoms with E-state index < -0.39 is 43.2 Å². The van der Waals surface area contributed by atoms with Gasteiger partial charge in [0.2, 0.25) is 11.9 Å². The number of fused-ring (bicyclic) bond motifs is 1. The lowest BCUT2D eigenvalue weighted by molar-refractivity contribution is -0.114. The number of imidazole rings is 1. The second kappa shape index (κ2) is 6.50. The molecule has 1 aliphatic rings. The van der Waals surface area contributed by atoms with Crippen molar-refractivity contribution < 1.29 is 30.0 Å². The van der Waals surface area contributed by atoms with Gasteiger partial charge in [0.05, 0.1) is 12.9 Å². The highest BCUT2D eigenvalue weighted by molar-refractivity contribution is 5.89. The molecule has 0 unspecified atom stereocenters. The third-order valence-electron chi connectivity index (χ3n) is 3.85. The van der Waals surface area contributed by atoms with Crippen LogP contribution in [0.4, 0.5) is 11.8 Å². The van der Waals surface area contributed by atoms with Gasteiger partial charge in [-0.15, -0.1) is 0 Å². The van der Waals surface area contributed by atoms with Crippen LogP contribution < -0.4 is 11.1 Å². The lowest BCUT2D eigenvalue weighted by Gasteiger charge is -2.18. The number of aliphatic hydroxyl groups excluding tert-OH is 4. The Balaban J connectivity index is 2.01. The zero-order valence-corrected chi connectivity index (χ0v) is 13.1. The minimum absolute atomic E-state index is 0.00692. The molecular formula is C13H18N6O6. The van der Waals surface area contributed by atoms with Crippen molar-refractivity contribution in [1.82, 2.24) is 19.5 Å². The van der Waals surface area contributed by atoms with Gasteiger partial charge in [0.1, 0.15) is 29.9 Å². The third-order valence-corrected chi connectivity index (χ3v) is 3.85. The first-order valence-corrected chi connectivity index (χ1v) is 7.41. The van der Waals surface area contributed by atoms with Crippen LogP contribution >= 0.6 is 0 Å². The normalized spacial score (nSPS) is 27.6. The Labute approximate surface area is 140 Å². The first-order chi connectivity index (χ1) is 11.8. The molecule has 3 rings (SSSR count). The molecule has 3 heterocycles. The number of aromatic nitrogens is 4. The Hall–Kier alpha value is -2.38. The molecule has 0 aromatic carbocycles. The quantitative estimate of drug-likeness (QED) is 0.338. The van der Waals surface area contributed by atoms with Crippen LogP contribution in [0.5, 0.6) is 0 Å². The number of rotatable bonds is 4. The summed E-state index contributed by atoms with van der Waals surface area (Å²) in [5.41, 5.74) is 6.17. The Morgan fingerprint density at radius 1 is 1.44 bits per heavy atom. The number of aliphatic hydroxyl groups is 4. The number of carbonyl (C=O) groups is 1. The highest BCUT2D eigenvalue weighted by atomic mass is 16.6. The minimum Gasteiger partial charge on any atom is -0.394 e. The van der Waals surface area contributed by atoms with E-state index in [-0.39, 0.29) is 22.9 Å². The predicted molar refractivity (Wildman–Crippen MR) is 83.1 cm³/mol. The lowest BCUT2D eigenvalue weighted by Crippen LogP contribution is -2.40. The molecule has 2 aromatic rings. The van der Waals surface area contributed by atoms with Crippen LogP contribution in [0, 0.1) is 0 Å². The molecule has 1 amide bonds. The van der Waals surface area contributed by atoms with E-state index in [9.17, 15) is 20.1 Å². The number of hydrogen-bond donors (Lipinski definition) is 6. The fraction of sp³-hybridized carbons (Fsp3) is 0.538. The molecule has 7 N–H and O–H groups in total. The van der Waals surface area contributed by atoms with E-state index in [0.29, 0.717) is 0 Å². The summed E-state index contributed by atoms with van der Waals surface area (Å²) in [5.74, 6) is -0.449. The molecule has 25 heavy (non-hydrogen) atoms. The monoisotopic (exact) mass is 354 g/mol. The van der Waals surface area contributed by atoms with Gasteiger partial charge in [0.15, 0.2) is 17.7 Å². The molecule has 0 aliphatic carbocycles. The van der Waals surface area contributed by atoms with Gasteiger partial charge in [-0.05, 0) is 0 Å². The van der Waals surface area contributed by atoms with Crippen LogP contribution in [-0.2, 0) is 9.53 Å². The first-order valence-electron chi connectivity index (χ1n) is 7.41. The molecule has 1 saturated heterocycles. The number of amides is 1. The van der Waals surface area contributed by atoms with E-state index in [4.69, 9.17) is 15.6 Å². The Bertz CT molecular complexity index is 797. The summed E-state index contributed by atoms with van der Waals surface area (Å²) in [5, 5.41) is 41.4. The van der Waals surface area contributed by atoms with E-state index in [1.165, 1.54) is 17.8 Å². The molecule has 2 aromatic heterocycles. The summed E-state index contributed by atoms with van der Waals surface area (Å²) in [6.07, 6.45) is -5.27. The van der Waals surface area contributed by atoms with Crippen molar-refractivity contribution >= 4 is 28.8 Å². The SMILES string of the molecule is CC(=O)Nc1nc(N)c2ncn([C@@H]3O[C@@H]([C@H](O)CO)[C@H](O)[C@H]3O)c2n1. The number of anilines is 2. The van der Waals surface area contributed by atoms with E-state index in [2.05, 4.69) is 20.3 Å². The van der Waals surface area contributed by atoms with E-state index in [0.717, 1.165) is 0 Å². The third kappa shape index (κ3) is 3.01. The van der Waals surface area contributed by atoms with Gasteiger partial charge < -0.3 is 30.9 Å². The number of nitrogen functional groups attached to an aromatic ring is 1. The maximum absolute atomic E-state index is 11.2. The number of carbonyl (C=O) groups excluding carboxylic acids is 1. The largest absolute Gasteiger partial charge is 0.394 e. The van der Waals surface area contributed by atoms with Crippen LogP contribution in [0.15, 0.2) is 6.33 Å². The number of nitrogens with two attached hydrogens (primary N) is 1.